The lowest BCUT2D eigenvalue weighted by Crippen LogP contribution is -2.18. The van der Waals surface area contributed by atoms with Crippen LogP contribution < -0.4 is 5.69 Å². The second-order valence-corrected chi connectivity index (χ2v) is 6.34. The fraction of sp³-hybridized carbons (Fsp3) is 0.0556. The molecule has 8 nitrogen and oxygen atoms in total. The van der Waals surface area contributed by atoms with Crippen molar-refractivity contribution in [3.05, 3.63) is 76.3 Å². The maximum absolute atomic E-state index is 12.4. The minimum absolute atomic E-state index is 0.257. The molecule has 0 unspecified atom stereocenters. The highest BCUT2D eigenvalue weighted by molar-refractivity contribution is 6.30. The van der Waals surface area contributed by atoms with Crippen LogP contribution >= 0.6 is 11.6 Å². The van der Waals surface area contributed by atoms with E-state index in [2.05, 4.69) is 24.9 Å². The van der Waals surface area contributed by atoms with E-state index in [9.17, 15) is 4.79 Å². The molecule has 0 aliphatic carbocycles. The third kappa shape index (κ3) is 2.58. The molecule has 0 spiro atoms. The number of hydrogen-bond donors (Lipinski definition) is 1. The van der Waals surface area contributed by atoms with E-state index in [1.807, 2.05) is 30.3 Å². The van der Waals surface area contributed by atoms with Crippen LogP contribution in [0.4, 0.5) is 0 Å². The van der Waals surface area contributed by atoms with Gasteiger partial charge in [0, 0.05) is 11.8 Å². The SMILES string of the molecule is O=c1[nH]c2cnc(-n3cnc4ccccc43)nc2n1Cc1cccnc1Cl. The first-order valence-electron chi connectivity index (χ1n) is 8.18. The molecule has 0 saturated heterocycles. The van der Waals surface area contributed by atoms with Crippen molar-refractivity contribution in [3.63, 3.8) is 0 Å². The highest BCUT2D eigenvalue weighted by Gasteiger charge is 2.14. The molecule has 27 heavy (non-hydrogen) atoms. The molecule has 1 aromatic carbocycles. The third-order valence-corrected chi connectivity index (χ3v) is 4.67. The van der Waals surface area contributed by atoms with Crippen LogP contribution in [0.1, 0.15) is 5.56 Å². The quantitative estimate of drug-likeness (QED) is 0.487. The van der Waals surface area contributed by atoms with Crippen molar-refractivity contribution >= 4 is 33.8 Å². The standard InChI is InChI=1S/C18H12ClN7O/c19-15-11(4-3-7-20-15)9-25-16-13(23-18(25)27)8-21-17(24-16)26-10-22-12-5-1-2-6-14(12)26/h1-8,10H,9H2,(H,23,27). The van der Waals surface area contributed by atoms with Crippen molar-refractivity contribution in [2.45, 2.75) is 6.54 Å². The van der Waals surface area contributed by atoms with Gasteiger partial charge in [-0.2, -0.15) is 4.98 Å². The van der Waals surface area contributed by atoms with E-state index < -0.39 is 0 Å². The van der Waals surface area contributed by atoms with Gasteiger partial charge in [0.15, 0.2) is 5.65 Å². The molecule has 0 radical (unpaired) electrons. The Morgan fingerprint density at radius 2 is 1.96 bits per heavy atom. The Balaban J connectivity index is 1.67. The van der Waals surface area contributed by atoms with Gasteiger partial charge in [0.2, 0.25) is 5.95 Å². The number of nitrogens with zero attached hydrogens (tertiary/aromatic N) is 6. The van der Waals surface area contributed by atoms with E-state index in [0.29, 0.717) is 22.3 Å². The van der Waals surface area contributed by atoms with Crippen molar-refractivity contribution in [1.29, 1.82) is 0 Å². The molecular formula is C18H12ClN7O. The van der Waals surface area contributed by atoms with Gasteiger partial charge in [-0.15, -0.1) is 0 Å². The van der Waals surface area contributed by atoms with Crippen LogP contribution in [0.5, 0.6) is 0 Å². The molecule has 5 aromatic rings. The lowest BCUT2D eigenvalue weighted by atomic mass is 10.3. The van der Waals surface area contributed by atoms with Gasteiger partial charge >= 0.3 is 5.69 Å². The molecule has 132 valence electrons. The highest BCUT2D eigenvalue weighted by atomic mass is 35.5. The van der Waals surface area contributed by atoms with Crippen molar-refractivity contribution in [2.24, 2.45) is 0 Å². The summed E-state index contributed by atoms with van der Waals surface area (Å²) in [5, 5.41) is 0.355. The van der Waals surface area contributed by atoms with Crippen LogP contribution in [0.15, 0.2) is 59.9 Å². The highest BCUT2D eigenvalue weighted by Crippen LogP contribution is 2.18. The Kier molecular flexibility index (Phi) is 3.51. The molecule has 5 rings (SSSR count). The zero-order valence-corrected chi connectivity index (χ0v) is 14.6. The number of H-pyrrole nitrogens is 1. The minimum atomic E-state index is -0.285. The van der Waals surface area contributed by atoms with Crippen LogP contribution in [0.25, 0.3) is 28.1 Å². The molecule has 0 aliphatic rings. The number of hydrogen-bond acceptors (Lipinski definition) is 5. The fourth-order valence-electron chi connectivity index (χ4n) is 3.03. The number of benzene rings is 1. The van der Waals surface area contributed by atoms with Crippen molar-refractivity contribution in [2.75, 3.05) is 0 Å². The van der Waals surface area contributed by atoms with Gasteiger partial charge in [-0.25, -0.2) is 19.7 Å². The molecule has 4 heterocycles. The topological polar surface area (TPSA) is 94.3 Å². The Morgan fingerprint density at radius 3 is 2.85 bits per heavy atom. The second-order valence-electron chi connectivity index (χ2n) is 5.98. The molecule has 1 N–H and O–H groups in total. The Bertz CT molecular complexity index is 1350. The lowest BCUT2D eigenvalue weighted by Gasteiger charge is -2.06. The number of imidazole rings is 2. The van der Waals surface area contributed by atoms with Crippen molar-refractivity contribution < 1.29 is 0 Å². The smallest absolute Gasteiger partial charge is 0.303 e. The number of rotatable bonds is 3. The summed E-state index contributed by atoms with van der Waals surface area (Å²) in [7, 11) is 0. The van der Waals surface area contributed by atoms with Gasteiger partial charge in [-0.05, 0) is 18.2 Å². The minimum Gasteiger partial charge on any atom is -0.303 e. The number of pyridine rings is 1. The first-order valence-corrected chi connectivity index (χ1v) is 8.56. The predicted octanol–water partition coefficient (Wildman–Crippen LogP) is 2.56. The number of halogens is 1. The number of para-hydroxylation sites is 2. The van der Waals surface area contributed by atoms with Crippen LogP contribution in [0.2, 0.25) is 5.15 Å². The van der Waals surface area contributed by atoms with Gasteiger partial charge in [0.25, 0.3) is 0 Å². The summed E-state index contributed by atoms with van der Waals surface area (Å²) in [4.78, 5) is 32.6. The summed E-state index contributed by atoms with van der Waals surface area (Å²) < 4.78 is 3.30. The van der Waals surface area contributed by atoms with Gasteiger partial charge < -0.3 is 4.98 Å². The molecule has 0 bridgehead atoms. The summed E-state index contributed by atoms with van der Waals surface area (Å²) in [5.41, 5.74) is 3.21. The van der Waals surface area contributed by atoms with Gasteiger partial charge in [0.1, 0.15) is 17.0 Å². The number of nitrogens with one attached hydrogen (secondary N) is 1. The Morgan fingerprint density at radius 1 is 1.07 bits per heavy atom. The van der Waals surface area contributed by atoms with Crippen LogP contribution in [-0.4, -0.2) is 34.1 Å². The molecule has 0 atom stereocenters. The molecule has 0 aliphatic heterocycles. The van der Waals surface area contributed by atoms with Crippen molar-refractivity contribution in [1.82, 2.24) is 34.1 Å². The fourth-order valence-corrected chi connectivity index (χ4v) is 3.20. The average molecular weight is 378 g/mol. The molecular weight excluding hydrogens is 366 g/mol. The molecule has 4 aromatic heterocycles. The van der Waals surface area contributed by atoms with Crippen molar-refractivity contribution in [3.8, 4) is 5.95 Å². The Labute approximate surface area is 157 Å². The summed E-state index contributed by atoms with van der Waals surface area (Å²) >= 11 is 6.14. The third-order valence-electron chi connectivity index (χ3n) is 4.33. The number of aromatic nitrogens is 7. The van der Waals surface area contributed by atoms with Gasteiger partial charge in [-0.3, -0.25) is 9.13 Å². The van der Waals surface area contributed by atoms with E-state index in [4.69, 9.17) is 11.6 Å². The van der Waals surface area contributed by atoms with E-state index in [1.165, 1.54) is 4.57 Å². The first-order chi connectivity index (χ1) is 13.2. The normalized spacial score (nSPS) is 11.4. The predicted molar refractivity (Wildman–Crippen MR) is 101 cm³/mol. The molecule has 9 heteroatoms. The van der Waals surface area contributed by atoms with E-state index in [-0.39, 0.29) is 12.2 Å². The summed E-state index contributed by atoms with van der Waals surface area (Å²) in [6.45, 7) is 0.257. The molecule has 0 amide bonds. The monoisotopic (exact) mass is 377 g/mol. The van der Waals surface area contributed by atoms with Crippen LogP contribution in [0, 0.1) is 0 Å². The molecule has 0 saturated carbocycles. The number of fused-ring (bicyclic) bond motifs is 2. The van der Waals surface area contributed by atoms with Gasteiger partial charge in [-0.1, -0.05) is 29.8 Å². The first kappa shape index (κ1) is 15.7. The number of aromatic amines is 1. The van der Waals surface area contributed by atoms with E-state index in [0.717, 1.165) is 16.6 Å². The molecule has 0 fully saturated rings. The maximum Gasteiger partial charge on any atom is 0.328 e. The van der Waals surface area contributed by atoms with E-state index >= 15 is 0 Å². The van der Waals surface area contributed by atoms with E-state index in [1.54, 1.807) is 29.4 Å². The lowest BCUT2D eigenvalue weighted by molar-refractivity contribution is 0.771. The zero-order valence-electron chi connectivity index (χ0n) is 13.9. The maximum atomic E-state index is 12.4. The largest absolute Gasteiger partial charge is 0.328 e. The summed E-state index contributed by atoms with van der Waals surface area (Å²) in [5.74, 6) is 0.432. The van der Waals surface area contributed by atoms with Crippen LogP contribution in [-0.2, 0) is 6.54 Å². The summed E-state index contributed by atoms with van der Waals surface area (Å²) in [6, 6.07) is 11.3. The van der Waals surface area contributed by atoms with Gasteiger partial charge in [0.05, 0.1) is 23.8 Å². The zero-order chi connectivity index (χ0) is 18.4. The second kappa shape index (κ2) is 6.03. The average Bonchev–Trinajstić information content (AvgIpc) is 3.24. The summed E-state index contributed by atoms with van der Waals surface area (Å²) in [6.07, 6.45) is 4.86. The Hall–Kier alpha value is -3.52. The van der Waals surface area contributed by atoms with Crippen LogP contribution in [0.3, 0.4) is 0 Å².